The van der Waals surface area contributed by atoms with Crippen molar-refractivity contribution >= 4 is 28.1 Å². The molecule has 0 aliphatic rings. The van der Waals surface area contributed by atoms with E-state index in [1.807, 2.05) is 19.1 Å². The van der Waals surface area contributed by atoms with Crippen molar-refractivity contribution in [3.63, 3.8) is 0 Å². The minimum absolute atomic E-state index is 0.131. The van der Waals surface area contributed by atoms with Gasteiger partial charge in [0.15, 0.2) is 6.61 Å². The van der Waals surface area contributed by atoms with Gasteiger partial charge in [-0.2, -0.15) is 5.10 Å². The van der Waals surface area contributed by atoms with Gasteiger partial charge in [-0.15, -0.1) is 0 Å². The minimum atomic E-state index is -0.362. The third-order valence-electron chi connectivity index (χ3n) is 3.33. The summed E-state index contributed by atoms with van der Waals surface area (Å²) in [6, 6.07) is 10.8. The Hall–Kier alpha value is -2.54. The molecule has 7 heteroatoms. The van der Waals surface area contributed by atoms with Crippen LogP contribution < -0.4 is 19.6 Å². The van der Waals surface area contributed by atoms with Gasteiger partial charge in [-0.1, -0.05) is 15.9 Å². The van der Waals surface area contributed by atoms with Gasteiger partial charge in [-0.05, 0) is 48.9 Å². The van der Waals surface area contributed by atoms with Gasteiger partial charge in [0.2, 0.25) is 0 Å². The summed E-state index contributed by atoms with van der Waals surface area (Å²) in [6.45, 7) is 1.82. The number of aryl methyl sites for hydroxylation is 1. The molecule has 0 saturated heterocycles. The number of ether oxygens (including phenoxy) is 3. The molecule has 1 N–H and O–H groups in total. The molecule has 1 amide bonds. The summed E-state index contributed by atoms with van der Waals surface area (Å²) in [5, 5.41) is 3.92. The maximum absolute atomic E-state index is 11.8. The van der Waals surface area contributed by atoms with Crippen molar-refractivity contribution < 1.29 is 19.0 Å². The summed E-state index contributed by atoms with van der Waals surface area (Å²) < 4.78 is 16.8. The molecule has 0 heterocycles. The number of rotatable bonds is 7. The predicted octanol–water partition coefficient (Wildman–Crippen LogP) is 3.30. The zero-order valence-electron chi connectivity index (χ0n) is 14.2. The minimum Gasteiger partial charge on any atom is -0.497 e. The number of hydrogen-bond acceptors (Lipinski definition) is 5. The molecule has 0 spiro atoms. The van der Waals surface area contributed by atoms with E-state index >= 15 is 0 Å². The van der Waals surface area contributed by atoms with Gasteiger partial charge < -0.3 is 14.2 Å². The van der Waals surface area contributed by atoms with Crippen molar-refractivity contribution in [1.29, 1.82) is 0 Å². The zero-order chi connectivity index (χ0) is 18.2. The van der Waals surface area contributed by atoms with Gasteiger partial charge in [0.25, 0.3) is 5.91 Å². The van der Waals surface area contributed by atoms with E-state index in [-0.39, 0.29) is 12.5 Å². The van der Waals surface area contributed by atoms with Crippen LogP contribution in [0.2, 0.25) is 0 Å². The van der Waals surface area contributed by atoms with E-state index in [0.29, 0.717) is 22.8 Å². The van der Waals surface area contributed by atoms with E-state index in [2.05, 4.69) is 26.5 Å². The molecule has 0 bridgehead atoms. The highest BCUT2D eigenvalue weighted by molar-refractivity contribution is 9.10. The van der Waals surface area contributed by atoms with E-state index < -0.39 is 0 Å². The fourth-order valence-electron chi connectivity index (χ4n) is 2.00. The summed E-state index contributed by atoms with van der Waals surface area (Å²) in [5.74, 6) is 1.55. The molecule has 2 aromatic rings. The molecule has 25 heavy (non-hydrogen) atoms. The number of carbonyl (C=O) groups is 1. The first-order valence-electron chi connectivity index (χ1n) is 7.46. The van der Waals surface area contributed by atoms with Gasteiger partial charge in [-0.25, -0.2) is 5.43 Å². The van der Waals surface area contributed by atoms with Crippen LogP contribution in [0.25, 0.3) is 0 Å². The smallest absolute Gasteiger partial charge is 0.277 e. The van der Waals surface area contributed by atoms with Gasteiger partial charge >= 0.3 is 0 Å². The van der Waals surface area contributed by atoms with Crippen molar-refractivity contribution in [3.05, 3.63) is 52.0 Å². The Labute approximate surface area is 154 Å². The quantitative estimate of drug-likeness (QED) is 0.565. The highest BCUT2D eigenvalue weighted by Crippen LogP contribution is 2.22. The lowest BCUT2D eigenvalue weighted by Gasteiger charge is -2.08. The number of methoxy groups -OCH3 is 2. The van der Waals surface area contributed by atoms with Crippen LogP contribution in [0, 0.1) is 6.92 Å². The van der Waals surface area contributed by atoms with Crippen LogP contribution >= 0.6 is 15.9 Å². The van der Waals surface area contributed by atoms with Crippen LogP contribution in [0.5, 0.6) is 17.2 Å². The van der Waals surface area contributed by atoms with Crippen LogP contribution in [0.4, 0.5) is 0 Å². The van der Waals surface area contributed by atoms with Crippen molar-refractivity contribution in [2.24, 2.45) is 5.10 Å². The third-order valence-corrected chi connectivity index (χ3v) is 4.22. The molecule has 0 fully saturated rings. The number of hydrogen-bond donors (Lipinski definition) is 1. The summed E-state index contributed by atoms with van der Waals surface area (Å²) >= 11 is 3.41. The van der Waals surface area contributed by atoms with Crippen LogP contribution in [0.3, 0.4) is 0 Å². The number of hydrazone groups is 1. The van der Waals surface area contributed by atoms with Crippen molar-refractivity contribution in [3.8, 4) is 17.2 Å². The fraction of sp³-hybridized carbons (Fsp3) is 0.222. The molecule has 6 nitrogen and oxygen atoms in total. The predicted molar refractivity (Wildman–Crippen MR) is 99.7 cm³/mol. The summed E-state index contributed by atoms with van der Waals surface area (Å²) in [5.41, 5.74) is 4.13. The normalized spacial score (nSPS) is 10.6. The molecule has 2 rings (SSSR count). The molecule has 0 radical (unpaired) electrons. The Kier molecular flexibility index (Phi) is 6.82. The Balaban J connectivity index is 1.91. The largest absolute Gasteiger partial charge is 0.497 e. The highest BCUT2D eigenvalue weighted by Gasteiger charge is 2.05. The molecule has 0 aliphatic heterocycles. The van der Waals surface area contributed by atoms with Gasteiger partial charge in [0.05, 0.1) is 20.4 Å². The van der Waals surface area contributed by atoms with E-state index in [1.54, 1.807) is 38.5 Å². The number of nitrogens with zero attached hydrogens (tertiary/aromatic N) is 1. The van der Waals surface area contributed by atoms with E-state index in [9.17, 15) is 4.79 Å². The van der Waals surface area contributed by atoms with E-state index in [1.165, 1.54) is 6.21 Å². The lowest BCUT2D eigenvalue weighted by Crippen LogP contribution is -2.24. The van der Waals surface area contributed by atoms with Crippen LogP contribution in [-0.4, -0.2) is 32.9 Å². The topological polar surface area (TPSA) is 69.2 Å². The Morgan fingerprint density at radius 2 is 1.92 bits per heavy atom. The van der Waals surface area contributed by atoms with Crippen molar-refractivity contribution in [1.82, 2.24) is 5.43 Å². The number of carbonyl (C=O) groups excluding carboxylic acids is 1. The molecular weight excluding hydrogens is 388 g/mol. The standard InChI is InChI=1S/C18H19BrN2O4/c1-12-8-15(4-6-16(12)19)25-11-18(22)21-20-10-13-9-14(23-2)5-7-17(13)24-3/h4-10H,11H2,1-3H3,(H,21,22)/b20-10+. The van der Waals surface area contributed by atoms with Crippen molar-refractivity contribution in [2.75, 3.05) is 20.8 Å². The lowest BCUT2D eigenvalue weighted by molar-refractivity contribution is -0.123. The fourth-order valence-corrected chi connectivity index (χ4v) is 2.25. The molecule has 0 atom stereocenters. The second-order valence-electron chi connectivity index (χ2n) is 5.10. The van der Waals surface area contributed by atoms with E-state index in [4.69, 9.17) is 14.2 Å². The SMILES string of the molecule is COc1ccc(OC)c(/C=N/NC(=O)COc2ccc(Br)c(C)c2)c1. The zero-order valence-corrected chi connectivity index (χ0v) is 15.8. The Bertz CT molecular complexity index is 778. The summed E-state index contributed by atoms with van der Waals surface area (Å²) in [4.78, 5) is 11.8. The Morgan fingerprint density at radius 1 is 1.16 bits per heavy atom. The van der Waals surface area contributed by atoms with Crippen molar-refractivity contribution in [2.45, 2.75) is 6.92 Å². The maximum Gasteiger partial charge on any atom is 0.277 e. The monoisotopic (exact) mass is 406 g/mol. The number of nitrogens with one attached hydrogen (secondary N) is 1. The molecule has 2 aromatic carbocycles. The molecule has 0 unspecified atom stereocenters. The molecule has 0 aromatic heterocycles. The second-order valence-corrected chi connectivity index (χ2v) is 5.96. The molecule has 132 valence electrons. The maximum atomic E-state index is 11.8. The first-order chi connectivity index (χ1) is 12.0. The van der Waals surface area contributed by atoms with Crippen LogP contribution in [0.1, 0.15) is 11.1 Å². The molecule has 0 saturated carbocycles. The highest BCUT2D eigenvalue weighted by atomic mass is 79.9. The second kappa shape index (κ2) is 9.08. The summed E-state index contributed by atoms with van der Waals surface area (Å²) in [7, 11) is 3.14. The average Bonchev–Trinajstić information content (AvgIpc) is 2.62. The van der Waals surface area contributed by atoms with Gasteiger partial charge in [0, 0.05) is 10.0 Å². The van der Waals surface area contributed by atoms with Gasteiger partial charge in [-0.3, -0.25) is 4.79 Å². The van der Waals surface area contributed by atoms with Crippen LogP contribution in [-0.2, 0) is 4.79 Å². The number of halogens is 1. The Morgan fingerprint density at radius 3 is 2.60 bits per heavy atom. The van der Waals surface area contributed by atoms with E-state index in [0.717, 1.165) is 10.0 Å². The average molecular weight is 407 g/mol. The number of benzene rings is 2. The van der Waals surface area contributed by atoms with Gasteiger partial charge in [0.1, 0.15) is 17.2 Å². The lowest BCUT2D eigenvalue weighted by atomic mass is 10.2. The molecular formula is C18H19BrN2O4. The third kappa shape index (κ3) is 5.49. The summed E-state index contributed by atoms with van der Waals surface area (Å²) in [6.07, 6.45) is 1.49. The van der Waals surface area contributed by atoms with Crippen LogP contribution in [0.15, 0.2) is 46.0 Å². The number of amides is 1. The first-order valence-corrected chi connectivity index (χ1v) is 8.25. The first kappa shape index (κ1) is 18.8. The molecule has 0 aliphatic carbocycles.